The molecule has 21 heavy (non-hydrogen) atoms. The first kappa shape index (κ1) is 16.9. The number of carboxylic acid groups (broad SMARTS) is 1. The standard InChI is InChI=1S/C15H22N2O4/c1-3-4-7-12(15(20)21)16-13(18)8-10-17-9-5-6-11(2)14(17)19/h5-6,9,12H,3-4,7-8,10H2,1-2H3,(H,16,18)(H,20,21). The summed E-state index contributed by atoms with van der Waals surface area (Å²) in [7, 11) is 0. The number of aromatic nitrogens is 1. The van der Waals surface area contributed by atoms with Crippen LogP contribution in [0.4, 0.5) is 0 Å². The summed E-state index contributed by atoms with van der Waals surface area (Å²) in [6.45, 7) is 3.92. The number of amides is 1. The van der Waals surface area contributed by atoms with Crippen molar-refractivity contribution < 1.29 is 14.7 Å². The number of carbonyl (C=O) groups is 2. The van der Waals surface area contributed by atoms with Crippen LogP contribution in [-0.2, 0) is 16.1 Å². The van der Waals surface area contributed by atoms with E-state index in [1.807, 2.05) is 6.92 Å². The third kappa shape index (κ3) is 5.41. The normalized spacial score (nSPS) is 11.9. The summed E-state index contributed by atoms with van der Waals surface area (Å²) in [5.74, 6) is -1.38. The van der Waals surface area contributed by atoms with Gasteiger partial charge in [0.2, 0.25) is 5.91 Å². The van der Waals surface area contributed by atoms with Gasteiger partial charge in [-0.05, 0) is 19.4 Å². The molecule has 116 valence electrons. The molecule has 1 rings (SSSR count). The van der Waals surface area contributed by atoms with Gasteiger partial charge in [-0.25, -0.2) is 4.79 Å². The van der Waals surface area contributed by atoms with Gasteiger partial charge in [0.15, 0.2) is 0 Å². The molecule has 0 fully saturated rings. The highest BCUT2D eigenvalue weighted by Crippen LogP contribution is 2.01. The maximum atomic E-state index is 11.8. The van der Waals surface area contributed by atoms with Crippen LogP contribution in [0.1, 0.15) is 38.2 Å². The van der Waals surface area contributed by atoms with Crippen LogP contribution in [0, 0.1) is 6.92 Å². The molecule has 1 unspecified atom stereocenters. The fourth-order valence-electron chi connectivity index (χ4n) is 1.99. The molecule has 1 heterocycles. The number of unbranched alkanes of at least 4 members (excludes halogenated alkanes) is 1. The number of hydrogen-bond donors (Lipinski definition) is 2. The number of aliphatic carboxylic acids is 1. The molecular formula is C15H22N2O4. The number of rotatable bonds is 8. The molecule has 0 radical (unpaired) electrons. The van der Waals surface area contributed by atoms with E-state index in [9.17, 15) is 14.4 Å². The fourth-order valence-corrected chi connectivity index (χ4v) is 1.99. The van der Waals surface area contributed by atoms with Crippen molar-refractivity contribution in [2.75, 3.05) is 0 Å². The molecule has 0 saturated carbocycles. The molecule has 0 aliphatic heterocycles. The second-order valence-corrected chi connectivity index (χ2v) is 5.04. The Kier molecular flexibility index (Phi) is 6.65. The number of carboxylic acids is 1. The molecule has 2 N–H and O–H groups in total. The van der Waals surface area contributed by atoms with Crippen molar-refractivity contribution in [1.82, 2.24) is 9.88 Å². The summed E-state index contributed by atoms with van der Waals surface area (Å²) in [4.78, 5) is 34.6. The largest absolute Gasteiger partial charge is 0.480 e. The summed E-state index contributed by atoms with van der Waals surface area (Å²) in [5.41, 5.74) is 0.482. The van der Waals surface area contributed by atoms with Crippen LogP contribution in [0.2, 0.25) is 0 Å². The zero-order valence-corrected chi connectivity index (χ0v) is 12.5. The highest BCUT2D eigenvalue weighted by atomic mass is 16.4. The Morgan fingerprint density at radius 2 is 2.14 bits per heavy atom. The second kappa shape index (κ2) is 8.24. The van der Waals surface area contributed by atoms with Gasteiger partial charge >= 0.3 is 5.97 Å². The zero-order valence-electron chi connectivity index (χ0n) is 12.5. The smallest absolute Gasteiger partial charge is 0.326 e. The lowest BCUT2D eigenvalue weighted by Gasteiger charge is -2.14. The van der Waals surface area contributed by atoms with E-state index in [0.29, 0.717) is 12.0 Å². The predicted octanol–water partition coefficient (Wildman–Crippen LogP) is 1.31. The molecule has 0 aliphatic carbocycles. The maximum Gasteiger partial charge on any atom is 0.326 e. The lowest BCUT2D eigenvalue weighted by Crippen LogP contribution is -2.41. The monoisotopic (exact) mass is 294 g/mol. The predicted molar refractivity (Wildman–Crippen MR) is 79.1 cm³/mol. The van der Waals surface area contributed by atoms with Crippen molar-refractivity contribution in [2.24, 2.45) is 0 Å². The van der Waals surface area contributed by atoms with Gasteiger partial charge in [-0.1, -0.05) is 25.8 Å². The summed E-state index contributed by atoms with van der Waals surface area (Å²) in [6.07, 6.45) is 3.74. The topological polar surface area (TPSA) is 88.4 Å². The van der Waals surface area contributed by atoms with Crippen LogP contribution in [0.3, 0.4) is 0 Å². The lowest BCUT2D eigenvalue weighted by molar-refractivity contribution is -0.142. The van der Waals surface area contributed by atoms with Gasteiger partial charge in [0.05, 0.1) is 0 Å². The van der Waals surface area contributed by atoms with E-state index in [1.165, 1.54) is 4.57 Å². The van der Waals surface area contributed by atoms with Gasteiger partial charge in [-0.2, -0.15) is 0 Å². The Labute approximate surface area is 123 Å². The fraction of sp³-hybridized carbons (Fsp3) is 0.533. The first-order valence-electron chi connectivity index (χ1n) is 7.14. The first-order chi connectivity index (χ1) is 9.95. The van der Waals surface area contributed by atoms with Crippen molar-refractivity contribution in [3.8, 4) is 0 Å². The minimum atomic E-state index is -1.02. The van der Waals surface area contributed by atoms with E-state index in [-0.39, 0.29) is 24.4 Å². The number of pyridine rings is 1. The van der Waals surface area contributed by atoms with Gasteiger partial charge in [-0.15, -0.1) is 0 Å². The molecule has 1 amide bonds. The van der Waals surface area contributed by atoms with Crippen LogP contribution >= 0.6 is 0 Å². The Morgan fingerprint density at radius 1 is 1.43 bits per heavy atom. The average molecular weight is 294 g/mol. The summed E-state index contributed by atoms with van der Waals surface area (Å²) < 4.78 is 1.46. The van der Waals surface area contributed by atoms with Crippen LogP contribution < -0.4 is 10.9 Å². The van der Waals surface area contributed by atoms with Gasteiger partial charge in [0.1, 0.15) is 6.04 Å². The number of aryl methyl sites for hydroxylation is 2. The second-order valence-electron chi connectivity index (χ2n) is 5.04. The zero-order chi connectivity index (χ0) is 15.8. The number of nitrogens with zero attached hydrogens (tertiary/aromatic N) is 1. The molecule has 6 nitrogen and oxygen atoms in total. The third-order valence-electron chi connectivity index (χ3n) is 3.27. The summed E-state index contributed by atoms with van der Waals surface area (Å²) >= 11 is 0. The Hall–Kier alpha value is -2.11. The summed E-state index contributed by atoms with van der Waals surface area (Å²) in [5, 5.41) is 11.5. The molecule has 0 saturated heterocycles. The molecule has 1 atom stereocenters. The van der Waals surface area contributed by atoms with Crippen molar-refractivity contribution in [3.05, 3.63) is 34.2 Å². The SMILES string of the molecule is CCCCC(NC(=O)CCn1cccc(C)c1=O)C(=O)O. The Bertz CT molecular complexity index is 551. The van der Waals surface area contributed by atoms with Crippen LogP contribution in [-0.4, -0.2) is 27.6 Å². The maximum absolute atomic E-state index is 11.8. The molecule has 0 bridgehead atoms. The quantitative estimate of drug-likeness (QED) is 0.756. The van der Waals surface area contributed by atoms with Gasteiger partial charge < -0.3 is 15.0 Å². The highest BCUT2D eigenvalue weighted by Gasteiger charge is 2.18. The Balaban J connectivity index is 2.55. The number of carbonyl (C=O) groups excluding carboxylic acids is 1. The molecule has 1 aromatic heterocycles. The van der Waals surface area contributed by atoms with E-state index in [0.717, 1.165) is 12.8 Å². The number of hydrogen-bond acceptors (Lipinski definition) is 3. The van der Waals surface area contributed by atoms with Crippen molar-refractivity contribution in [2.45, 2.75) is 52.1 Å². The van der Waals surface area contributed by atoms with Gasteiger partial charge in [0.25, 0.3) is 5.56 Å². The molecule has 0 spiro atoms. The van der Waals surface area contributed by atoms with Gasteiger partial charge in [0, 0.05) is 24.7 Å². The Morgan fingerprint density at radius 3 is 2.76 bits per heavy atom. The molecule has 6 heteroatoms. The summed E-state index contributed by atoms with van der Waals surface area (Å²) in [6, 6.07) is 2.60. The van der Waals surface area contributed by atoms with E-state index >= 15 is 0 Å². The molecule has 1 aromatic rings. The van der Waals surface area contributed by atoms with Crippen molar-refractivity contribution in [3.63, 3.8) is 0 Å². The van der Waals surface area contributed by atoms with E-state index in [2.05, 4.69) is 5.32 Å². The lowest BCUT2D eigenvalue weighted by atomic mass is 10.1. The minimum Gasteiger partial charge on any atom is -0.480 e. The van der Waals surface area contributed by atoms with Crippen LogP contribution in [0.15, 0.2) is 23.1 Å². The minimum absolute atomic E-state index is 0.0826. The van der Waals surface area contributed by atoms with Crippen molar-refractivity contribution in [1.29, 1.82) is 0 Å². The third-order valence-corrected chi connectivity index (χ3v) is 3.27. The molecule has 0 aromatic carbocycles. The van der Waals surface area contributed by atoms with E-state index < -0.39 is 12.0 Å². The van der Waals surface area contributed by atoms with Crippen LogP contribution in [0.25, 0.3) is 0 Å². The first-order valence-corrected chi connectivity index (χ1v) is 7.14. The highest BCUT2D eigenvalue weighted by molar-refractivity contribution is 5.83. The average Bonchev–Trinajstić information content (AvgIpc) is 2.44. The molecular weight excluding hydrogens is 272 g/mol. The van der Waals surface area contributed by atoms with Crippen molar-refractivity contribution >= 4 is 11.9 Å². The molecule has 0 aliphatic rings. The van der Waals surface area contributed by atoms with E-state index in [1.54, 1.807) is 25.3 Å². The van der Waals surface area contributed by atoms with Gasteiger partial charge in [-0.3, -0.25) is 9.59 Å². The van der Waals surface area contributed by atoms with E-state index in [4.69, 9.17) is 5.11 Å². The van der Waals surface area contributed by atoms with Crippen LogP contribution in [0.5, 0.6) is 0 Å². The number of nitrogens with one attached hydrogen (secondary N) is 1.